The van der Waals surface area contributed by atoms with E-state index in [1.165, 1.54) is 0 Å². The molecule has 1 N–H and O–H groups in total. The lowest BCUT2D eigenvalue weighted by atomic mass is 9.88. The van der Waals surface area contributed by atoms with Gasteiger partial charge in [0.05, 0.1) is 12.7 Å². The average molecular weight is 238 g/mol. The maximum absolute atomic E-state index is 10.4. The summed E-state index contributed by atoms with van der Waals surface area (Å²) in [6, 6.07) is 5.67. The molecule has 0 saturated carbocycles. The van der Waals surface area contributed by atoms with Crippen molar-refractivity contribution in [3.63, 3.8) is 0 Å². The second-order valence-corrected chi connectivity index (χ2v) is 4.50. The normalized spacial score (nSPS) is 16.4. The van der Waals surface area contributed by atoms with Crippen molar-refractivity contribution in [3.8, 4) is 5.75 Å². The Morgan fingerprint density at radius 3 is 2.41 bits per heavy atom. The molecule has 0 spiro atoms. The zero-order valence-electron chi connectivity index (χ0n) is 11.3. The van der Waals surface area contributed by atoms with Crippen LogP contribution in [0.25, 0.3) is 0 Å². The van der Waals surface area contributed by atoms with E-state index >= 15 is 0 Å². The first-order chi connectivity index (χ1) is 7.98. The van der Waals surface area contributed by atoms with Gasteiger partial charge in [-0.1, -0.05) is 13.0 Å². The second kappa shape index (κ2) is 5.52. The van der Waals surface area contributed by atoms with Crippen molar-refractivity contribution in [2.75, 3.05) is 14.2 Å². The van der Waals surface area contributed by atoms with Gasteiger partial charge in [-0.3, -0.25) is 0 Å². The largest absolute Gasteiger partial charge is 0.497 e. The van der Waals surface area contributed by atoms with Gasteiger partial charge in [-0.05, 0) is 43.5 Å². The molecule has 0 aromatic heterocycles. The van der Waals surface area contributed by atoms with E-state index in [0.29, 0.717) is 0 Å². The Labute approximate surface area is 103 Å². The Kier molecular flexibility index (Phi) is 4.54. The van der Waals surface area contributed by atoms with E-state index in [4.69, 9.17) is 9.47 Å². The number of hydrogen-bond acceptors (Lipinski definition) is 3. The lowest BCUT2D eigenvalue weighted by Gasteiger charge is -2.33. The zero-order valence-corrected chi connectivity index (χ0v) is 11.3. The first kappa shape index (κ1) is 14.0. The Hall–Kier alpha value is -1.06. The summed E-state index contributed by atoms with van der Waals surface area (Å²) >= 11 is 0. The molecule has 1 aromatic carbocycles. The Morgan fingerprint density at radius 1 is 1.35 bits per heavy atom. The predicted octanol–water partition coefficient (Wildman–Crippen LogP) is 2.85. The smallest absolute Gasteiger partial charge is 0.119 e. The van der Waals surface area contributed by atoms with Crippen LogP contribution >= 0.6 is 0 Å². The van der Waals surface area contributed by atoms with E-state index < -0.39 is 11.7 Å². The number of aryl methyl sites for hydroxylation is 1. The van der Waals surface area contributed by atoms with E-state index in [1.54, 1.807) is 14.2 Å². The minimum Gasteiger partial charge on any atom is -0.497 e. The van der Waals surface area contributed by atoms with Crippen LogP contribution in [0.1, 0.15) is 37.5 Å². The topological polar surface area (TPSA) is 38.7 Å². The Balaban J connectivity index is 3.08. The quantitative estimate of drug-likeness (QED) is 0.857. The number of hydrogen-bond donors (Lipinski definition) is 1. The molecule has 0 radical (unpaired) electrons. The van der Waals surface area contributed by atoms with Crippen molar-refractivity contribution in [1.29, 1.82) is 0 Å². The maximum Gasteiger partial charge on any atom is 0.119 e. The Bertz CT molecular complexity index is 370. The summed E-state index contributed by atoms with van der Waals surface area (Å²) < 4.78 is 10.6. The summed E-state index contributed by atoms with van der Waals surface area (Å²) in [4.78, 5) is 0. The Morgan fingerprint density at radius 2 is 2.00 bits per heavy atom. The summed E-state index contributed by atoms with van der Waals surface area (Å²) in [5.41, 5.74) is 1.34. The highest BCUT2D eigenvalue weighted by Crippen LogP contribution is 2.34. The van der Waals surface area contributed by atoms with Gasteiger partial charge in [0.15, 0.2) is 0 Å². The number of benzene rings is 1. The van der Waals surface area contributed by atoms with Crippen LogP contribution in [0.5, 0.6) is 5.75 Å². The van der Waals surface area contributed by atoms with Gasteiger partial charge in [-0.2, -0.15) is 0 Å². The van der Waals surface area contributed by atoms with Crippen LogP contribution in [0, 0.1) is 6.92 Å². The molecule has 0 bridgehead atoms. The molecule has 1 rings (SSSR count). The zero-order chi connectivity index (χ0) is 13.1. The molecule has 96 valence electrons. The fourth-order valence-corrected chi connectivity index (χ4v) is 1.86. The number of methoxy groups -OCH3 is 2. The van der Waals surface area contributed by atoms with Gasteiger partial charge < -0.3 is 14.6 Å². The number of aliphatic hydroxyl groups excluding tert-OH is 1. The van der Waals surface area contributed by atoms with Crippen molar-refractivity contribution in [2.24, 2.45) is 0 Å². The molecule has 2 atom stereocenters. The van der Waals surface area contributed by atoms with Crippen molar-refractivity contribution in [2.45, 2.75) is 38.9 Å². The summed E-state index contributed by atoms with van der Waals surface area (Å²) in [6.45, 7) is 5.89. The fourth-order valence-electron chi connectivity index (χ4n) is 1.86. The molecule has 0 heterocycles. The molecule has 3 nitrogen and oxygen atoms in total. The van der Waals surface area contributed by atoms with Crippen LogP contribution in [-0.2, 0) is 4.74 Å². The summed E-state index contributed by atoms with van der Waals surface area (Å²) in [5.74, 6) is 0.800. The number of aliphatic hydroxyl groups is 1. The summed E-state index contributed by atoms with van der Waals surface area (Å²) in [5, 5.41) is 10.4. The molecule has 0 aliphatic rings. The van der Waals surface area contributed by atoms with Crippen LogP contribution in [0.15, 0.2) is 18.2 Å². The molecule has 17 heavy (non-hydrogen) atoms. The van der Waals surface area contributed by atoms with Crippen LogP contribution in [0.2, 0.25) is 0 Å². The third-order valence-corrected chi connectivity index (χ3v) is 3.52. The first-order valence-corrected chi connectivity index (χ1v) is 5.86. The minimum atomic E-state index is -0.636. The van der Waals surface area contributed by atoms with E-state index in [-0.39, 0.29) is 0 Å². The third-order valence-electron chi connectivity index (χ3n) is 3.52. The van der Waals surface area contributed by atoms with Crippen molar-refractivity contribution in [3.05, 3.63) is 29.3 Å². The summed E-state index contributed by atoms with van der Waals surface area (Å²) in [7, 11) is 3.27. The van der Waals surface area contributed by atoms with Gasteiger partial charge in [0.2, 0.25) is 0 Å². The van der Waals surface area contributed by atoms with Crippen molar-refractivity contribution >= 4 is 0 Å². The van der Waals surface area contributed by atoms with Gasteiger partial charge in [0.1, 0.15) is 11.9 Å². The van der Waals surface area contributed by atoms with E-state index in [2.05, 4.69) is 0 Å². The summed E-state index contributed by atoms with van der Waals surface area (Å²) in [6.07, 6.45) is 0.110. The molecule has 0 aliphatic heterocycles. The van der Waals surface area contributed by atoms with Crippen LogP contribution < -0.4 is 4.74 Å². The monoisotopic (exact) mass is 238 g/mol. The van der Waals surface area contributed by atoms with Crippen LogP contribution in [0.3, 0.4) is 0 Å². The van der Waals surface area contributed by atoms with Gasteiger partial charge >= 0.3 is 0 Å². The SMILES string of the molecule is CCC(C)(OC)C(O)c1ccc(OC)cc1C. The lowest BCUT2D eigenvalue weighted by molar-refractivity contribution is -0.0946. The van der Waals surface area contributed by atoms with E-state index in [1.807, 2.05) is 39.0 Å². The van der Waals surface area contributed by atoms with Crippen molar-refractivity contribution in [1.82, 2.24) is 0 Å². The molecule has 1 aromatic rings. The number of ether oxygens (including phenoxy) is 2. The van der Waals surface area contributed by atoms with Crippen LogP contribution in [0.4, 0.5) is 0 Å². The fraction of sp³-hybridized carbons (Fsp3) is 0.571. The van der Waals surface area contributed by atoms with E-state index in [9.17, 15) is 5.11 Å². The van der Waals surface area contributed by atoms with Crippen LogP contribution in [-0.4, -0.2) is 24.9 Å². The highest BCUT2D eigenvalue weighted by atomic mass is 16.5. The molecular formula is C14H22O3. The molecule has 0 fully saturated rings. The maximum atomic E-state index is 10.4. The van der Waals surface area contributed by atoms with Gasteiger partial charge in [-0.15, -0.1) is 0 Å². The molecule has 3 heteroatoms. The molecule has 0 saturated heterocycles. The van der Waals surface area contributed by atoms with Gasteiger partial charge in [-0.25, -0.2) is 0 Å². The average Bonchev–Trinajstić information content (AvgIpc) is 2.36. The molecule has 2 unspecified atom stereocenters. The highest BCUT2D eigenvalue weighted by molar-refractivity contribution is 5.37. The van der Waals surface area contributed by atoms with Gasteiger partial charge in [0.25, 0.3) is 0 Å². The highest BCUT2D eigenvalue weighted by Gasteiger charge is 2.33. The number of rotatable bonds is 5. The first-order valence-electron chi connectivity index (χ1n) is 5.86. The molecular weight excluding hydrogens is 216 g/mol. The second-order valence-electron chi connectivity index (χ2n) is 4.50. The third kappa shape index (κ3) is 2.79. The standard InChI is InChI=1S/C14H22O3/c1-6-14(3,17-5)13(15)12-8-7-11(16-4)9-10(12)2/h7-9,13,15H,6H2,1-5H3. The van der Waals surface area contributed by atoms with Gasteiger partial charge in [0, 0.05) is 7.11 Å². The van der Waals surface area contributed by atoms with Crippen molar-refractivity contribution < 1.29 is 14.6 Å². The molecule has 0 aliphatic carbocycles. The minimum absolute atomic E-state index is 0.556. The predicted molar refractivity (Wildman–Crippen MR) is 68.4 cm³/mol. The van der Waals surface area contributed by atoms with E-state index in [0.717, 1.165) is 23.3 Å². The lowest BCUT2D eigenvalue weighted by Crippen LogP contribution is -2.34. The molecule has 0 amide bonds.